The molecule has 10 heteroatoms. The Bertz CT molecular complexity index is 1170. The van der Waals surface area contributed by atoms with Crippen LogP contribution in [0.1, 0.15) is 47.1 Å². The summed E-state index contributed by atoms with van der Waals surface area (Å²) in [5.41, 5.74) is 10.3. The van der Waals surface area contributed by atoms with E-state index in [9.17, 15) is 14.4 Å². The van der Waals surface area contributed by atoms with Crippen molar-refractivity contribution < 1.29 is 14.4 Å². The van der Waals surface area contributed by atoms with Crippen LogP contribution in [0.25, 0.3) is 11.1 Å². The normalized spacial score (nSPS) is 17.3. The number of carbonyl (C=O) groups is 3. The first kappa shape index (κ1) is 24.9. The smallest absolute Gasteiger partial charge is 0.256 e. The number of aromatic nitrogens is 1. The number of nitrogens with one attached hydrogen (secondary N) is 1. The van der Waals surface area contributed by atoms with E-state index < -0.39 is 0 Å². The van der Waals surface area contributed by atoms with Crippen LogP contribution < -0.4 is 11.1 Å². The summed E-state index contributed by atoms with van der Waals surface area (Å²) in [5, 5.41) is 3.42. The van der Waals surface area contributed by atoms with Gasteiger partial charge in [-0.2, -0.15) is 0 Å². The van der Waals surface area contributed by atoms with Crippen molar-refractivity contribution in [1.82, 2.24) is 20.1 Å². The average molecular weight is 596 g/mol. The molecule has 2 aromatic rings. The molecule has 0 spiro atoms. The summed E-state index contributed by atoms with van der Waals surface area (Å²) in [6, 6.07) is 5.71. The van der Waals surface area contributed by atoms with E-state index in [0.717, 1.165) is 32.4 Å². The highest BCUT2D eigenvalue weighted by atomic mass is 127. The summed E-state index contributed by atoms with van der Waals surface area (Å²) in [4.78, 5) is 45.6. The van der Waals surface area contributed by atoms with Gasteiger partial charge in [-0.25, -0.2) is 0 Å². The number of nitrogens with zero attached hydrogens (tertiary/aromatic N) is 3. The fraction of sp³-hybridized carbons (Fsp3) is 0.417. The first-order chi connectivity index (χ1) is 16.2. The molecule has 1 fully saturated rings. The molecular weight excluding hydrogens is 569 g/mol. The van der Waals surface area contributed by atoms with Gasteiger partial charge >= 0.3 is 0 Å². The Morgan fingerprint density at radius 2 is 2.09 bits per heavy atom. The summed E-state index contributed by atoms with van der Waals surface area (Å²) in [5.74, 6) is -0.278. The van der Waals surface area contributed by atoms with E-state index in [1.807, 2.05) is 25.1 Å². The number of rotatable bonds is 6. The highest BCUT2D eigenvalue weighted by Crippen LogP contribution is 2.39. The molecule has 1 atom stereocenters. The number of nitrogens with two attached hydrogens (primary N) is 1. The number of amides is 3. The van der Waals surface area contributed by atoms with Gasteiger partial charge < -0.3 is 20.9 Å². The molecule has 1 unspecified atom stereocenters. The van der Waals surface area contributed by atoms with Gasteiger partial charge in [-0.05, 0) is 53.6 Å². The third-order valence-electron chi connectivity index (χ3n) is 6.37. The zero-order valence-electron chi connectivity index (χ0n) is 19.2. The van der Waals surface area contributed by atoms with Crippen molar-refractivity contribution in [3.8, 4) is 11.1 Å². The molecule has 1 aromatic heterocycles. The Balaban J connectivity index is 1.54. The van der Waals surface area contributed by atoms with Crippen molar-refractivity contribution in [2.24, 2.45) is 5.73 Å². The van der Waals surface area contributed by atoms with Gasteiger partial charge in [-0.1, -0.05) is 17.7 Å². The van der Waals surface area contributed by atoms with Gasteiger partial charge in [-0.3, -0.25) is 19.4 Å². The molecular formula is C24H27ClIN5O3. The van der Waals surface area contributed by atoms with Crippen molar-refractivity contribution in [2.45, 2.75) is 45.8 Å². The van der Waals surface area contributed by atoms with E-state index in [1.54, 1.807) is 9.80 Å². The molecule has 0 radical (unpaired) electrons. The first-order valence-electron chi connectivity index (χ1n) is 11.2. The maximum atomic E-state index is 13.5. The van der Waals surface area contributed by atoms with Crippen LogP contribution in [0.2, 0.25) is 5.02 Å². The van der Waals surface area contributed by atoms with Gasteiger partial charge in [0.2, 0.25) is 11.8 Å². The average Bonchev–Trinajstić information content (AvgIpc) is 3.35. The van der Waals surface area contributed by atoms with Crippen LogP contribution in [0.5, 0.6) is 0 Å². The Hall–Kier alpha value is -2.24. The third kappa shape index (κ3) is 4.92. The molecule has 2 aliphatic rings. The molecule has 3 amide bonds. The monoisotopic (exact) mass is 595 g/mol. The van der Waals surface area contributed by atoms with Crippen LogP contribution in [0.4, 0.5) is 0 Å². The summed E-state index contributed by atoms with van der Waals surface area (Å²) in [6.45, 7) is 5.35. The Morgan fingerprint density at radius 3 is 2.76 bits per heavy atom. The quantitative estimate of drug-likeness (QED) is 0.500. The van der Waals surface area contributed by atoms with Gasteiger partial charge in [0, 0.05) is 71.0 Å². The Morgan fingerprint density at radius 1 is 1.32 bits per heavy atom. The van der Waals surface area contributed by atoms with Crippen LogP contribution in [-0.4, -0.2) is 58.2 Å². The molecule has 34 heavy (non-hydrogen) atoms. The second kappa shape index (κ2) is 10.2. The van der Waals surface area contributed by atoms with Gasteiger partial charge in [0.25, 0.3) is 5.91 Å². The van der Waals surface area contributed by atoms with Crippen LogP contribution >= 0.6 is 34.2 Å². The van der Waals surface area contributed by atoms with Crippen molar-refractivity contribution in [3.05, 3.63) is 49.3 Å². The number of halogens is 2. The molecule has 4 rings (SSSR count). The zero-order chi connectivity index (χ0) is 24.6. The van der Waals surface area contributed by atoms with E-state index in [1.165, 1.54) is 6.92 Å². The van der Waals surface area contributed by atoms with Crippen molar-refractivity contribution in [2.75, 3.05) is 19.6 Å². The molecule has 3 heterocycles. The lowest BCUT2D eigenvalue weighted by atomic mass is 9.93. The molecule has 1 saturated heterocycles. The van der Waals surface area contributed by atoms with E-state index in [2.05, 4.69) is 32.9 Å². The maximum Gasteiger partial charge on any atom is 0.256 e. The second-order valence-corrected chi connectivity index (χ2v) is 10.4. The Labute approximate surface area is 217 Å². The summed E-state index contributed by atoms with van der Waals surface area (Å²) in [7, 11) is 0. The molecule has 3 N–H and O–H groups in total. The number of carbonyl (C=O) groups excluding carboxylic acids is 3. The molecule has 1 aromatic carbocycles. The Kier molecular flexibility index (Phi) is 7.44. The molecule has 2 aliphatic heterocycles. The number of fused-ring (bicyclic) bond motifs is 1. The lowest BCUT2D eigenvalue weighted by molar-refractivity contribution is -0.130. The zero-order valence-corrected chi connectivity index (χ0v) is 22.1. The number of aryl methyl sites for hydroxylation is 1. The lowest BCUT2D eigenvalue weighted by Crippen LogP contribution is -2.38. The maximum absolute atomic E-state index is 13.5. The molecule has 0 bridgehead atoms. The fourth-order valence-corrected chi connectivity index (χ4v) is 5.71. The molecule has 180 valence electrons. The first-order valence-corrected chi connectivity index (χ1v) is 12.7. The topological polar surface area (TPSA) is 109 Å². The number of likely N-dealkylation sites (tertiary alicyclic amines) is 1. The summed E-state index contributed by atoms with van der Waals surface area (Å²) >= 11 is 8.78. The minimum Gasteiger partial charge on any atom is -0.352 e. The van der Waals surface area contributed by atoms with Crippen LogP contribution in [0, 0.1) is 10.5 Å². The van der Waals surface area contributed by atoms with Gasteiger partial charge in [0.1, 0.15) is 0 Å². The van der Waals surface area contributed by atoms with Crippen molar-refractivity contribution in [1.29, 1.82) is 0 Å². The van der Waals surface area contributed by atoms with Crippen LogP contribution in [-0.2, 0) is 22.7 Å². The van der Waals surface area contributed by atoms with Crippen LogP contribution in [0.15, 0.2) is 18.2 Å². The SMILES string of the molecule is CC(=O)NC1CCN(C(=O)CCN2Cc3nc(C)c(CN)c(-c4ccc(I)cc4Cl)c3C2=O)C1. The molecule has 0 saturated carbocycles. The van der Waals surface area contributed by atoms with Crippen molar-refractivity contribution >= 4 is 51.9 Å². The predicted molar refractivity (Wildman–Crippen MR) is 138 cm³/mol. The predicted octanol–water partition coefficient (Wildman–Crippen LogP) is 2.86. The van der Waals surface area contributed by atoms with E-state index in [0.29, 0.717) is 42.5 Å². The summed E-state index contributed by atoms with van der Waals surface area (Å²) < 4.78 is 0.997. The third-order valence-corrected chi connectivity index (χ3v) is 7.35. The number of hydrogen-bond acceptors (Lipinski definition) is 5. The number of hydrogen-bond donors (Lipinski definition) is 2. The minimum atomic E-state index is -0.160. The largest absolute Gasteiger partial charge is 0.352 e. The van der Waals surface area contributed by atoms with Crippen LogP contribution in [0.3, 0.4) is 0 Å². The van der Waals surface area contributed by atoms with Crippen molar-refractivity contribution in [3.63, 3.8) is 0 Å². The molecule has 8 nitrogen and oxygen atoms in total. The standard InChI is InChI=1S/C24H27ClIN5O3/c1-13-18(10-27)22(17-4-3-15(26)9-19(17)25)23-20(28-13)12-31(24(23)34)8-6-21(33)30-7-5-16(11-30)29-14(2)32/h3-4,9,16H,5-8,10-12,27H2,1-2H3,(H,29,32). The number of benzene rings is 1. The highest BCUT2D eigenvalue weighted by Gasteiger charge is 2.35. The van der Waals surface area contributed by atoms with Gasteiger partial charge in [0.15, 0.2) is 0 Å². The number of pyridine rings is 1. The van der Waals surface area contributed by atoms with E-state index >= 15 is 0 Å². The second-order valence-electron chi connectivity index (χ2n) is 8.70. The highest BCUT2D eigenvalue weighted by molar-refractivity contribution is 14.1. The van der Waals surface area contributed by atoms with Gasteiger partial charge in [-0.15, -0.1) is 0 Å². The van der Waals surface area contributed by atoms with E-state index in [4.69, 9.17) is 17.3 Å². The lowest BCUT2D eigenvalue weighted by Gasteiger charge is -2.20. The van der Waals surface area contributed by atoms with E-state index in [-0.39, 0.29) is 36.7 Å². The fourth-order valence-electron chi connectivity index (χ4n) is 4.76. The van der Waals surface area contributed by atoms with Gasteiger partial charge in [0.05, 0.1) is 17.8 Å². The molecule has 0 aliphatic carbocycles. The summed E-state index contributed by atoms with van der Waals surface area (Å²) in [6.07, 6.45) is 0.958. The minimum absolute atomic E-state index is 0.0118.